The van der Waals surface area contributed by atoms with E-state index in [0.717, 1.165) is 12.0 Å². The van der Waals surface area contributed by atoms with E-state index >= 15 is 0 Å². The van der Waals surface area contributed by atoms with Gasteiger partial charge in [0.1, 0.15) is 0 Å². The standard InChI is InChI=1S/C15H21NO2S/c1-12(2)14-10-15(3,4)11-16(14)19(17,18)13-8-6-5-7-9-13/h5-9,14H,1,10-11H2,2-4H3/t14-/m0/s1. The molecule has 1 aliphatic heterocycles. The van der Waals surface area contributed by atoms with Gasteiger partial charge >= 0.3 is 0 Å². The second-order valence-electron chi connectivity index (χ2n) is 6.09. The Morgan fingerprint density at radius 1 is 1.32 bits per heavy atom. The molecule has 1 saturated heterocycles. The summed E-state index contributed by atoms with van der Waals surface area (Å²) in [5.41, 5.74) is 0.899. The lowest BCUT2D eigenvalue weighted by atomic mass is 9.89. The number of benzene rings is 1. The lowest BCUT2D eigenvalue weighted by Gasteiger charge is -2.24. The van der Waals surface area contributed by atoms with Gasteiger partial charge in [0.25, 0.3) is 0 Å². The first-order chi connectivity index (χ1) is 8.74. The maximum absolute atomic E-state index is 12.7. The van der Waals surface area contributed by atoms with Crippen molar-refractivity contribution in [3.8, 4) is 0 Å². The highest BCUT2D eigenvalue weighted by Crippen LogP contribution is 2.39. The molecule has 0 saturated carbocycles. The van der Waals surface area contributed by atoms with Gasteiger partial charge in [-0.25, -0.2) is 8.42 Å². The predicted octanol–water partition coefficient (Wildman–Crippen LogP) is 3.05. The van der Waals surface area contributed by atoms with Crippen LogP contribution in [-0.2, 0) is 10.0 Å². The van der Waals surface area contributed by atoms with Crippen LogP contribution in [0.4, 0.5) is 0 Å². The first-order valence-electron chi connectivity index (χ1n) is 6.46. The fraction of sp³-hybridized carbons (Fsp3) is 0.467. The van der Waals surface area contributed by atoms with E-state index in [0.29, 0.717) is 11.4 Å². The van der Waals surface area contributed by atoms with E-state index in [1.807, 2.05) is 13.0 Å². The lowest BCUT2D eigenvalue weighted by Crippen LogP contribution is -2.36. The van der Waals surface area contributed by atoms with Gasteiger partial charge in [-0.1, -0.05) is 44.2 Å². The van der Waals surface area contributed by atoms with Crippen LogP contribution in [0.3, 0.4) is 0 Å². The van der Waals surface area contributed by atoms with Crippen LogP contribution in [-0.4, -0.2) is 25.3 Å². The first kappa shape index (κ1) is 14.3. The van der Waals surface area contributed by atoms with E-state index in [9.17, 15) is 8.42 Å². The summed E-state index contributed by atoms with van der Waals surface area (Å²) in [7, 11) is -3.43. The zero-order valence-electron chi connectivity index (χ0n) is 11.8. The number of rotatable bonds is 3. The highest BCUT2D eigenvalue weighted by Gasteiger charge is 2.44. The minimum absolute atomic E-state index is 0.00847. The fourth-order valence-corrected chi connectivity index (χ4v) is 4.50. The van der Waals surface area contributed by atoms with Crippen LogP contribution in [0.2, 0.25) is 0 Å². The van der Waals surface area contributed by atoms with Crippen molar-refractivity contribution in [3.05, 3.63) is 42.5 Å². The topological polar surface area (TPSA) is 37.4 Å². The number of hydrogen-bond donors (Lipinski definition) is 0. The molecular weight excluding hydrogens is 258 g/mol. The average molecular weight is 279 g/mol. The molecule has 19 heavy (non-hydrogen) atoms. The molecule has 3 nitrogen and oxygen atoms in total. The van der Waals surface area contributed by atoms with Crippen LogP contribution < -0.4 is 0 Å². The van der Waals surface area contributed by atoms with Crippen molar-refractivity contribution in [1.29, 1.82) is 0 Å². The Labute approximate surface area is 116 Å². The molecule has 1 heterocycles. The quantitative estimate of drug-likeness (QED) is 0.797. The van der Waals surface area contributed by atoms with Crippen LogP contribution in [0, 0.1) is 5.41 Å². The Hall–Kier alpha value is -1.13. The van der Waals surface area contributed by atoms with Gasteiger partial charge < -0.3 is 0 Å². The molecule has 1 aromatic carbocycles. The molecule has 2 rings (SSSR count). The van der Waals surface area contributed by atoms with E-state index in [4.69, 9.17) is 0 Å². The molecule has 0 aromatic heterocycles. The number of sulfonamides is 1. The third kappa shape index (κ3) is 2.74. The number of hydrogen-bond acceptors (Lipinski definition) is 2. The Kier molecular flexibility index (Phi) is 3.58. The van der Waals surface area contributed by atoms with Crippen LogP contribution in [0.15, 0.2) is 47.4 Å². The summed E-state index contributed by atoms with van der Waals surface area (Å²) in [6.45, 7) is 10.6. The molecule has 104 valence electrons. The lowest BCUT2D eigenvalue weighted by molar-refractivity contribution is 0.372. The Morgan fingerprint density at radius 3 is 2.42 bits per heavy atom. The van der Waals surface area contributed by atoms with Gasteiger partial charge in [-0.2, -0.15) is 4.31 Å². The Morgan fingerprint density at radius 2 is 1.89 bits per heavy atom. The van der Waals surface area contributed by atoms with Crippen molar-refractivity contribution >= 4 is 10.0 Å². The van der Waals surface area contributed by atoms with Crippen LogP contribution in [0.25, 0.3) is 0 Å². The van der Waals surface area contributed by atoms with E-state index in [-0.39, 0.29) is 11.5 Å². The van der Waals surface area contributed by atoms with Gasteiger partial charge in [-0.15, -0.1) is 0 Å². The zero-order chi connectivity index (χ0) is 14.3. The molecule has 1 fully saturated rings. The van der Waals surface area contributed by atoms with Gasteiger partial charge in [0, 0.05) is 12.6 Å². The molecular formula is C15H21NO2S. The largest absolute Gasteiger partial charge is 0.243 e. The summed E-state index contributed by atoms with van der Waals surface area (Å²) in [5, 5.41) is 0. The third-order valence-corrected chi connectivity index (χ3v) is 5.46. The molecule has 1 aromatic rings. The Balaban J connectivity index is 2.42. The number of nitrogens with zero attached hydrogens (tertiary/aromatic N) is 1. The van der Waals surface area contributed by atoms with Gasteiger partial charge in [0.15, 0.2) is 0 Å². The Bertz CT molecular complexity index is 575. The molecule has 1 atom stereocenters. The average Bonchev–Trinajstić information content (AvgIpc) is 2.67. The van der Waals surface area contributed by atoms with E-state index < -0.39 is 10.0 Å². The van der Waals surface area contributed by atoms with Crippen molar-refractivity contribution in [2.24, 2.45) is 5.41 Å². The monoisotopic (exact) mass is 279 g/mol. The SMILES string of the molecule is C=C(C)[C@@H]1CC(C)(C)CN1S(=O)(=O)c1ccccc1. The van der Waals surface area contributed by atoms with Gasteiger partial charge in [0.2, 0.25) is 10.0 Å². The molecule has 0 unspecified atom stereocenters. The third-order valence-electron chi connectivity index (χ3n) is 3.60. The minimum Gasteiger partial charge on any atom is -0.207 e. The molecule has 0 radical (unpaired) electrons. The molecule has 4 heteroatoms. The predicted molar refractivity (Wildman–Crippen MR) is 77.3 cm³/mol. The zero-order valence-corrected chi connectivity index (χ0v) is 12.6. The van der Waals surface area contributed by atoms with Crippen molar-refractivity contribution < 1.29 is 8.42 Å². The summed E-state index contributed by atoms with van der Waals surface area (Å²) in [4.78, 5) is 0.360. The highest BCUT2D eigenvalue weighted by atomic mass is 32.2. The summed E-state index contributed by atoms with van der Waals surface area (Å²) >= 11 is 0. The maximum Gasteiger partial charge on any atom is 0.243 e. The van der Waals surface area contributed by atoms with E-state index in [1.54, 1.807) is 28.6 Å². The summed E-state index contributed by atoms with van der Waals surface area (Å²) in [6, 6.07) is 8.53. The van der Waals surface area contributed by atoms with Crippen molar-refractivity contribution in [3.63, 3.8) is 0 Å². The van der Waals surface area contributed by atoms with E-state index in [1.165, 1.54) is 0 Å². The van der Waals surface area contributed by atoms with Gasteiger partial charge in [-0.3, -0.25) is 0 Å². The highest BCUT2D eigenvalue weighted by molar-refractivity contribution is 7.89. The second kappa shape index (κ2) is 4.76. The van der Waals surface area contributed by atoms with Crippen molar-refractivity contribution in [1.82, 2.24) is 4.31 Å². The molecule has 0 amide bonds. The first-order valence-corrected chi connectivity index (χ1v) is 7.90. The smallest absolute Gasteiger partial charge is 0.207 e. The summed E-state index contributed by atoms with van der Waals surface area (Å²) in [5.74, 6) is 0. The fourth-order valence-electron chi connectivity index (χ4n) is 2.62. The van der Waals surface area contributed by atoms with Crippen LogP contribution in [0.5, 0.6) is 0 Å². The second-order valence-corrected chi connectivity index (χ2v) is 7.98. The summed E-state index contributed by atoms with van der Waals surface area (Å²) < 4.78 is 27.0. The van der Waals surface area contributed by atoms with Gasteiger partial charge in [-0.05, 0) is 30.9 Å². The maximum atomic E-state index is 12.7. The molecule has 0 spiro atoms. The van der Waals surface area contributed by atoms with Crippen molar-refractivity contribution in [2.45, 2.75) is 38.1 Å². The molecule has 0 N–H and O–H groups in total. The minimum atomic E-state index is -3.43. The molecule has 0 aliphatic carbocycles. The van der Waals surface area contributed by atoms with Crippen LogP contribution >= 0.6 is 0 Å². The van der Waals surface area contributed by atoms with Gasteiger partial charge in [0.05, 0.1) is 4.90 Å². The van der Waals surface area contributed by atoms with Crippen LogP contribution in [0.1, 0.15) is 27.2 Å². The van der Waals surface area contributed by atoms with E-state index in [2.05, 4.69) is 20.4 Å². The van der Waals surface area contributed by atoms with Crippen molar-refractivity contribution in [2.75, 3.05) is 6.54 Å². The molecule has 0 bridgehead atoms. The normalized spacial score (nSPS) is 23.4. The summed E-state index contributed by atoms with van der Waals surface area (Å²) in [6.07, 6.45) is 0.828. The molecule has 1 aliphatic rings.